The number of hydrogen-bond donors (Lipinski definition) is 16. The number of hydrogen-bond acceptors (Lipinski definition) is 29. The van der Waals surface area contributed by atoms with Gasteiger partial charge in [-0.1, -0.05) is 41.5 Å². The molecule has 35 unspecified atom stereocenters. The Balaban J connectivity index is 0.828. The summed E-state index contributed by atoms with van der Waals surface area (Å²) >= 11 is 0. The van der Waals surface area contributed by atoms with E-state index in [9.17, 15) is 86.5 Å². The second-order valence-electron chi connectivity index (χ2n) is 29.5. The van der Waals surface area contributed by atoms with E-state index in [0.29, 0.717) is 38.7 Å². The van der Waals surface area contributed by atoms with Gasteiger partial charge in [0.05, 0.1) is 69.5 Å². The molecule has 2 bridgehead atoms. The Morgan fingerprint density at radius 3 is 1.60 bits per heavy atom. The third-order valence-corrected chi connectivity index (χ3v) is 24.4. The van der Waals surface area contributed by atoms with Gasteiger partial charge in [0.2, 0.25) is 0 Å². The van der Waals surface area contributed by atoms with Crippen molar-refractivity contribution >= 4 is 5.97 Å². The third-order valence-electron chi connectivity index (χ3n) is 24.4. The maximum absolute atomic E-state index is 12.7. The van der Waals surface area contributed by atoms with Crippen LogP contribution in [-0.2, 0) is 61.6 Å². The lowest BCUT2D eigenvalue weighted by molar-refractivity contribution is -0.395. The van der Waals surface area contributed by atoms with Crippen molar-refractivity contribution in [2.24, 2.45) is 50.2 Å². The largest absolute Gasteiger partial charge is 0.462 e. The summed E-state index contributed by atoms with van der Waals surface area (Å²) in [5.41, 5.74) is -3.82. The highest BCUT2D eigenvalue weighted by atomic mass is 16.8. The van der Waals surface area contributed by atoms with Gasteiger partial charge in [-0.25, -0.2) is 0 Å². The van der Waals surface area contributed by atoms with E-state index in [-0.39, 0.29) is 41.2 Å². The van der Waals surface area contributed by atoms with Gasteiger partial charge < -0.3 is 139 Å². The highest BCUT2D eigenvalue weighted by Crippen LogP contribution is 2.81. The standard InChI is InChI=1S/C60H98O29/c1-24(65)81-35-16-54(2,3)14-32-59(35)23-80-60(32)13-9-31-55(4)11-10-34(56(5,22-64)30(55)8-12-57(31,6)58(60,7)15-33(59)66)87-52-47(89-51-46(77)42(73)37(68)26(18-62)83-51)40(71)29(21-79-52)86-53-48(43(74)38(69)27(19-63)84-53)88-49-44(75)39(70)28(20-78-49)85-50-45(76)41(72)36(67)25(17-61)82-50/h25-53,61-64,66-77H,8-23H2,1-7H3. The normalized spacial score (nSPS) is 56.4. The first-order valence-corrected chi connectivity index (χ1v) is 31.7. The van der Waals surface area contributed by atoms with Crippen LogP contribution >= 0.6 is 0 Å². The zero-order valence-electron chi connectivity index (χ0n) is 51.5. The lowest BCUT2D eigenvalue weighted by Crippen LogP contribution is -2.75. The Morgan fingerprint density at radius 1 is 0.483 bits per heavy atom. The van der Waals surface area contributed by atoms with Gasteiger partial charge in [0, 0.05) is 23.7 Å². The van der Waals surface area contributed by atoms with Gasteiger partial charge in [-0.15, -0.1) is 0 Å². The fourth-order valence-corrected chi connectivity index (χ4v) is 19.4. The van der Waals surface area contributed by atoms with Crippen LogP contribution in [0.3, 0.4) is 0 Å². The van der Waals surface area contributed by atoms with Crippen molar-refractivity contribution in [2.75, 3.05) is 46.2 Å². The fraction of sp³-hybridized carbons (Fsp3) is 0.983. The average Bonchev–Trinajstić information content (AvgIpc) is 1.61. The SMILES string of the molecule is CC(=O)OC1CC(C)(C)CC2C13COC21CCC2C4(C)CCC(OC5OCC(OC6OC(CO)C(O)C(O)C6OC6OCC(OC7OC(CO)C(O)C(O)C7O)C(O)C6O)C(O)C5OC5OC(CO)C(O)C(O)C5O)C(C)(CO)C4CCC2(C)C1(C)CC3O. The van der Waals surface area contributed by atoms with Crippen LogP contribution < -0.4 is 0 Å². The zero-order valence-corrected chi connectivity index (χ0v) is 51.5. The molecule has 0 aromatic rings. The number of aliphatic hydroxyl groups is 16. The Morgan fingerprint density at radius 2 is 1.00 bits per heavy atom. The first-order chi connectivity index (χ1) is 41.8. The van der Waals surface area contributed by atoms with E-state index in [2.05, 4.69) is 34.6 Å². The molecule has 0 radical (unpaired) electrons. The molecule has 0 aromatic carbocycles. The van der Waals surface area contributed by atoms with E-state index in [1.54, 1.807) is 0 Å². The number of esters is 1. The average molecular weight is 1280 g/mol. The molecular weight excluding hydrogens is 1180 g/mol. The van der Waals surface area contributed by atoms with Gasteiger partial charge in [-0.2, -0.15) is 0 Å². The lowest BCUT2D eigenvalue weighted by Gasteiger charge is -2.75. The molecule has 0 amide bonds. The minimum absolute atomic E-state index is 0.0715. The molecule has 1 spiro atoms. The summed E-state index contributed by atoms with van der Waals surface area (Å²) in [6.07, 6.45) is -37.2. The van der Waals surface area contributed by atoms with E-state index in [0.717, 1.165) is 25.7 Å². The first-order valence-electron chi connectivity index (χ1n) is 31.7. The molecule has 6 aliphatic heterocycles. The molecule has 35 atom stereocenters. The van der Waals surface area contributed by atoms with E-state index in [1.807, 2.05) is 6.92 Å². The second-order valence-corrected chi connectivity index (χ2v) is 29.5. The molecule has 29 heteroatoms. The highest BCUT2D eigenvalue weighted by molar-refractivity contribution is 5.66. The monoisotopic (exact) mass is 1280 g/mol. The summed E-state index contributed by atoms with van der Waals surface area (Å²) in [6.45, 7) is 11.0. The lowest BCUT2D eigenvalue weighted by atomic mass is 9.30. The van der Waals surface area contributed by atoms with Crippen molar-refractivity contribution in [3.63, 3.8) is 0 Å². The van der Waals surface area contributed by atoms with Crippen LogP contribution in [0, 0.1) is 50.2 Å². The Labute approximate surface area is 515 Å². The number of carbonyl (C=O) groups is 1. The van der Waals surface area contributed by atoms with E-state index in [4.69, 9.17) is 56.8 Å². The molecule has 11 aliphatic rings. The minimum atomic E-state index is -2.03. The smallest absolute Gasteiger partial charge is 0.302 e. The van der Waals surface area contributed by atoms with Gasteiger partial charge >= 0.3 is 5.97 Å². The van der Waals surface area contributed by atoms with Gasteiger partial charge in [0.25, 0.3) is 0 Å². The van der Waals surface area contributed by atoms with Crippen LogP contribution in [0.4, 0.5) is 0 Å². The van der Waals surface area contributed by atoms with Crippen molar-refractivity contribution in [2.45, 2.75) is 271 Å². The van der Waals surface area contributed by atoms with Crippen LogP contribution in [0.5, 0.6) is 0 Å². The molecule has 6 heterocycles. The molecule has 89 heavy (non-hydrogen) atoms. The zero-order chi connectivity index (χ0) is 64.6. The molecule has 0 aromatic heterocycles. The minimum Gasteiger partial charge on any atom is -0.462 e. The number of carbonyl (C=O) groups excluding carboxylic acids is 1. The highest BCUT2D eigenvalue weighted by Gasteiger charge is 2.82. The molecule has 6 saturated heterocycles. The predicted molar refractivity (Wildman–Crippen MR) is 295 cm³/mol. The van der Waals surface area contributed by atoms with Gasteiger partial charge in [-0.3, -0.25) is 4.79 Å². The van der Waals surface area contributed by atoms with Crippen molar-refractivity contribution < 1.29 is 143 Å². The fourth-order valence-electron chi connectivity index (χ4n) is 19.4. The summed E-state index contributed by atoms with van der Waals surface area (Å²) in [5.74, 6) is -0.536. The first kappa shape index (κ1) is 68.8. The van der Waals surface area contributed by atoms with Crippen LogP contribution in [0.1, 0.15) is 106 Å². The summed E-state index contributed by atoms with van der Waals surface area (Å²) in [6, 6.07) is 0. The summed E-state index contributed by atoms with van der Waals surface area (Å²) in [4.78, 5) is 12.7. The molecule has 11 rings (SSSR count). The molecule has 512 valence electrons. The van der Waals surface area contributed by atoms with Gasteiger partial charge in [0.1, 0.15) is 116 Å². The molecule has 16 N–H and O–H groups in total. The summed E-state index contributed by atoms with van der Waals surface area (Å²) in [5, 5.41) is 176. The van der Waals surface area contributed by atoms with Crippen molar-refractivity contribution in [1.82, 2.24) is 0 Å². The summed E-state index contributed by atoms with van der Waals surface area (Å²) in [7, 11) is 0. The number of ether oxygens (including phenoxy) is 12. The van der Waals surface area contributed by atoms with Crippen molar-refractivity contribution in [3.8, 4) is 0 Å². The Kier molecular flexibility index (Phi) is 19.4. The van der Waals surface area contributed by atoms with Crippen LogP contribution in [0.15, 0.2) is 0 Å². The second kappa shape index (κ2) is 25.1. The maximum atomic E-state index is 12.7. The number of aliphatic hydroxyl groups excluding tert-OH is 16. The van der Waals surface area contributed by atoms with Gasteiger partial charge in [-0.05, 0) is 85.9 Å². The Hall–Kier alpha value is -1.61. The Bertz CT molecular complexity index is 2460. The van der Waals surface area contributed by atoms with Crippen molar-refractivity contribution in [3.05, 3.63) is 0 Å². The topological polar surface area (TPSA) is 452 Å². The van der Waals surface area contributed by atoms with Crippen LogP contribution in [-0.4, -0.2) is 299 Å². The predicted octanol–water partition coefficient (Wildman–Crippen LogP) is -4.73. The quantitative estimate of drug-likeness (QED) is 0.0541. The molecule has 5 aliphatic carbocycles. The number of fused-ring (bicyclic) bond motifs is 4. The van der Waals surface area contributed by atoms with Crippen LogP contribution in [0.25, 0.3) is 0 Å². The molecule has 5 saturated carbocycles. The van der Waals surface area contributed by atoms with E-state index in [1.165, 1.54) is 6.92 Å². The summed E-state index contributed by atoms with van der Waals surface area (Å²) < 4.78 is 73.7. The molecule has 29 nitrogen and oxygen atoms in total. The van der Waals surface area contributed by atoms with Gasteiger partial charge in [0.15, 0.2) is 31.5 Å². The van der Waals surface area contributed by atoms with E-state index >= 15 is 0 Å². The molecular formula is C60H98O29. The molecule has 11 fully saturated rings. The number of rotatable bonds is 15. The third kappa shape index (κ3) is 10.9. The van der Waals surface area contributed by atoms with Crippen LogP contribution in [0.2, 0.25) is 0 Å². The maximum Gasteiger partial charge on any atom is 0.302 e. The van der Waals surface area contributed by atoms with Crippen molar-refractivity contribution in [1.29, 1.82) is 0 Å². The van der Waals surface area contributed by atoms with E-state index < -0.39 is 220 Å².